The molecule has 2 N–H and O–H groups in total. The summed E-state index contributed by atoms with van der Waals surface area (Å²) in [4.78, 5) is 0. The maximum atomic E-state index is 6.49. The van der Waals surface area contributed by atoms with Crippen LogP contribution in [0.5, 0.6) is 5.75 Å². The zero-order valence-electron chi connectivity index (χ0n) is 11.7. The van der Waals surface area contributed by atoms with Gasteiger partial charge in [-0.2, -0.15) is 0 Å². The Kier molecular flexibility index (Phi) is 4.28. The average Bonchev–Trinajstić information content (AvgIpc) is 2.36. The molecule has 1 aliphatic carbocycles. The Morgan fingerprint density at radius 1 is 1.11 bits per heavy atom. The molecule has 1 aromatic carbocycles. The highest BCUT2D eigenvalue weighted by molar-refractivity contribution is 5.36. The third-order valence-electron chi connectivity index (χ3n) is 4.22. The van der Waals surface area contributed by atoms with Crippen LogP contribution >= 0.6 is 0 Å². The summed E-state index contributed by atoms with van der Waals surface area (Å²) in [5.41, 5.74) is 7.65. The fraction of sp³-hybridized carbons (Fsp3) is 0.625. The van der Waals surface area contributed by atoms with Gasteiger partial charge >= 0.3 is 0 Å². The van der Waals surface area contributed by atoms with E-state index in [1.165, 1.54) is 19.3 Å². The van der Waals surface area contributed by atoms with Crippen molar-refractivity contribution in [3.8, 4) is 5.75 Å². The number of rotatable bonds is 3. The molecule has 2 nitrogen and oxygen atoms in total. The lowest BCUT2D eigenvalue weighted by Gasteiger charge is -2.35. The van der Waals surface area contributed by atoms with Gasteiger partial charge in [0.15, 0.2) is 0 Å². The summed E-state index contributed by atoms with van der Waals surface area (Å²) in [6, 6.07) is 8.26. The smallest absolute Gasteiger partial charge is 0.123 e. The molecule has 0 aromatic heterocycles. The van der Waals surface area contributed by atoms with Gasteiger partial charge in [-0.3, -0.25) is 0 Å². The predicted molar refractivity (Wildman–Crippen MR) is 75.6 cm³/mol. The van der Waals surface area contributed by atoms with Crippen LogP contribution in [0.2, 0.25) is 0 Å². The lowest BCUT2D eigenvalue weighted by Crippen LogP contribution is -2.29. The SMILES string of the molecule is COc1ccccc1C(N)C1CC(C)CC(C)C1. The molecule has 2 heteroatoms. The van der Waals surface area contributed by atoms with Gasteiger partial charge in [-0.15, -0.1) is 0 Å². The number of hydrogen-bond donors (Lipinski definition) is 1. The molecule has 1 aromatic rings. The van der Waals surface area contributed by atoms with E-state index in [1.807, 2.05) is 18.2 Å². The highest BCUT2D eigenvalue weighted by Crippen LogP contribution is 2.40. The van der Waals surface area contributed by atoms with E-state index in [-0.39, 0.29) is 6.04 Å². The van der Waals surface area contributed by atoms with E-state index in [4.69, 9.17) is 10.5 Å². The van der Waals surface area contributed by atoms with Crippen molar-refractivity contribution < 1.29 is 4.74 Å². The lowest BCUT2D eigenvalue weighted by atomic mass is 9.72. The van der Waals surface area contributed by atoms with E-state index >= 15 is 0 Å². The van der Waals surface area contributed by atoms with Crippen molar-refractivity contribution in [1.29, 1.82) is 0 Å². The van der Waals surface area contributed by atoms with Crippen LogP contribution in [0.1, 0.15) is 44.7 Å². The average molecular weight is 247 g/mol. The topological polar surface area (TPSA) is 35.2 Å². The van der Waals surface area contributed by atoms with Crippen molar-refractivity contribution in [2.24, 2.45) is 23.5 Å². The van der Waals surface area contributed by atoms with E-state index in [2.05, 4.69) is 19.9 Å². The molecule has 0 spiro atoms. The van der Waals surface area contributed by atoms with Crippen LogP contribution in [0.15, 0.2) is 24.3 Å². The molecule has 0 aliphatic heterocycles. The second kappa shape index (κ2) is 5.75. The number of methoxy groups -OCH3 is 1. The molecule has 0 heterocycles. The molecule has 1 aliphatic rings. The maximum absolute atomic E-state index is 6.49. The Labute approximate surface area is 111 Å². The van der Waals surface area contributed by atoms with Gasteiger partial charge < -0.3 is 10.5 Å². The van der Waals surface area contributed by atoms with Gasteiger partial charge in [0, 0.05) is 11.6 Å². The molecule has 2 rings (SSSR count). The van der Waals surface area contributed by atoms with Gasteiger partial charge in [-0.1, -0.05) is 32.0 Å². The minimum absolute atomic E-state index is 0.103. The van der Waals surface area contributed by atoms with Crippen molar-refractivity contribution >= 4 is 0 Å². The summed E-state index contributed by atoms with van der Waals surface area (Å²) in [6.45, 7) is 4.69. The molecule has 0 radical (unpaired) electrons. The van der Waals surface area contributed by atoms with Crippen molar-refractivity contribution in [2.75, 3.05) is 7.11 Å². The first kappa shape index (κ1) is 13.4. The Hall–Kier alpha value is -1.02. The number of hydrogen-bond acceptors (Lipinski definition) is 2. The number of nitrogens with two attached hydrogens (primary N) is 1. The number of para-hydroxylation sites is 1. The molecule has 1 saturated carbocycles. The van der Waals surface area contributed by atoms with E-state index in [0.29, 0.717) is 5.92 Å². The van der Waals surface area contributed by atoms with Crippen LogP contribution in [-0.2, 0) is 0 Å². The molecule has 0 bridgehead atoms. The summed E-state index contributed by atoms with van der Waals surface area (Å²) < 4.78 is 5.43. The van der Waals surface area contributed by atoms with Crippen molar-refractivity contribution in [3.63, 3.8) is 0 Å². The maximum Gasteiger partial charge on any atom is 0.123 e. The molecular weight excluding hydrogens is 222 g/mol. The fourth-order valence-electron chi connectivity index (χ4n) is 3.50. The Morgan fingerprint density at radius 2 is 1.72 bits per heavy atom. The minimum Gasteiger partial charge on any atom is -0.496 e. The largest absolute Gasteiger partial charge is 0.496 e. The van der Waals surface area contributed by atoms with Crippen LogP contribution in [0.4, 0.5) is 0 Å². The highest BCUT2D eigenvalue weighted by atomic mass is 16.5. The van der Waals surface area contributed by atoms with Crippen molar-refractivity contribution in [2.45, 2.75) is 39.2 Å². The van der Waals surface area contributed by atoms with E-state index in [1.54, 1.807) is 7.11 Å². The Bertz CT molecular complexity index is 380. The fourth-order valence-corrected chi connectivity index (χ4v) is 3.50. The molecule has 3 unspecified atom stereocenters. The highest BCUT2D eigenvalue weighted by Gasteiger charge is 2.29. The normalized spacial score (nSPS) is 29.9. The summed E-state index contributed by atoms with van der Waals surface area (Å²) in [5.74, 6) is 3.09. The third kappa shape index (κ3) is 2.86. The summed E-state index contributed by atoms with van der Waals surface area (Å²) in [7, 11) is 1.72. The Balaban J connectivity index is 2.17. The van der Waals surface area contributed by atoms with Crippen LogP contribution in [-0.4, -0.2) is 7.11 Å². The van der Waals surface area contributed by atoms with Gasteiger partial charge in [0.2, 0.25) is 0 Å². The van der Waals surface area contributed by atoms with Gasteiger partial charge in [-0.25, -0.2) is 0 Å². The minimum atomic E-state index is 0.103. The monoisotopic (exact) mass is 247 g/mol. The van der Waals surface area contributed by atoms with Crippen molar-refractivity contribution in [1.82, 2.24) is 0 Å². The zero-order valence-corrected chi connectivity index (χ0v) is 11.7. The van der Waals surface area contributed by atoms with Gasteiger partial charge in [0.05, 0.1) is 7.11 Å². The molecule has 1 fully saturated rings. The first-order valence-electron chi connectivity index (χ1n) is 7.00. The number of ether oxygens (including phenoxy) is 1. The van der Waals surface area contributed by atoms with E-state index in [0.717, 1.165) is 23.1 Å². The van der Waals surface area contributed by atoms with Crippen molar-refractivity contribution in [3.05, 3.63) is 29.8 Å². The molecule has 0 saturated heterocycles. The standard InChI is InChI=1S/C16H25NO/c1-11-8-12(2)10-13(9-11)16(17)14-6-4-5-7-15(14)18-3/h4-7,11-13,16H,8-10,17H2,1-3H3. The summed E-state index contributed by atoms with van der Waals surface area (Å²) in [6.07, 6.45) is 3.82. The van der Waals surface area contributed by atoms with Gasteiger partial charge in [0.25, 0.3) is 0 Å². The van der Waals surface area contributed by atoms with Crippen LogP contribution in [0, 0.1) is 17.8 Å². The zero-order chi connectivity index (χ0) is 13.1. The molecule has 3 atom stereocenters. The number of benzene rings is 1. The van der Waals surface area contributed by atoms with Gasteiger partial charge in [0.1, 0.15) is 5.75 Å². The third-order valence-corrected chi connectivity index (χ3v) is 4.22. The Morgan fingerprint density at radius 3 is 2.33 bits per heavy atom. The van der Waals surface area contributed by atoms with E-state index in [9.17, 15) is 0 Å². The summed E-state index contributed by atoms with van der Waals surface area (Å²) >= 11 is 0. The van der Waals surface area contributed by atoms with E-state index < -0.39 is 0 Å². The molecular formula is C16H25NO. The van der Waals surface area contributed by atoms with Crippen LogP contribution < -0.4 is 10.5 Å². The molecule has 18 heavy (non-hydrogen) atoms. The lowest BCUT2D eigenvalue weighted by molar-refractivity contribution is 0.192. The molecule has 100 valence electrons. The second-order valence-corrected chi connectivity index (χ2v) is 5.95. The second-order valence-electron chi connectivity index (χ2n) is 5.95. The summed E-state index contributed by atoms with van der Waals surface area (Å²) in [5, 5.41) is 0. The quantitative estimate of drug-likeness (QED) is 0.882. The van der Waals surface area contributed by atoms with Crippen LogP contribution in [0.3, 0.4) is 0 Å². The van der Waals surface area contributed by atoms with Gasteiger partial charge in [-0.05, 0) is 43.1 Å². The first-order chi connectivity index (χ1) is 8.61. The molecule has 0 amide bonds. The predicted octanol–water partition coefficient (Wildman–Crippen LogP) is 3.77. The van der Waals surface area contributed by atoms with Crippen LogP contribution in [0.25, 0.3) is 0 Å². The first-order valence-corrected chi connectivity index (χ1v) is 7.00.